The van der Waals surface area contributed by atoms with Crippen LogP contribution in [0.5, 0.6) is 5.75 Å². The number of unbranched alkanes of at least 4 members (excludes halogenated alkanes) is 1. The highest BCUT2D eigenvalue weighted by molar-refractivity contribution is 7.13. The van der Waals surface area contributed by atoms with Crippen molar-refractivity contribution in [2.24, 2.45) is 5.92 Å². The number of hydrogen-bond acceptors (Lipinski definition) is 4. The zero-order valence-corrected chi connectivity index (χ0v) is 17.2. The van der Waals surface area contributed by atoms with E-state index in [1.165, 1.54) is 32.1 Å². The van der Waals surface area contributed by atoms with Gasteiger partial charge in [-0.1, -0.05) is 38.3 Å². The van der Waals surface area contributed by atoms with Gasteiger partial charge in [0.15, 0.2) is 0 Å². The molecule has 27 heavy (non-hydrogen) atoms. The summed E-state index contributed by atoms with van der Waals surface area (Å²) in [6.07, 6.45) is 7.66. The summed E-state index contributed by atoms with van der Waals surface area (Å²) in [5.41, 5.74) is 1.83. The zero-order valence-electron chi connectivity index (χ0n) is 16.4. The maximum Gasteiger partial charge on any atom is 0.226 e. The fourth-order valence-electron chi connectivity index (χ4n) is 3.90. The third-order valence-electron chi connectivity index (χ3n) is 5.24. The Kier molecular flexibility index (Phi) is 7.27. The van der Waals surface area contributed by atoms with Crippen LogP contribution in [0.4, 0.5) is 0 Å². The van der Waals surface area contributed by atoms with Crippen LogP contribution in [-0.2, 0) is 11.2 Å². The molecule has 1 fully saturated rings. The number of ether oxygens (including phenoxy) is 1. The van der Waals surface area contributed by atoms with Crippen LogP contribution in [0.25, 0.3) is 10.6 Å². The van der Waals surface area contributed by atoms with E-state index in [4.69, 9.17) is 4.74 Å². The maximum absolute atomic E-state index is 12.5. The van der Waals surface area contributed by atoms with Crippen LogP contribution in [0.2, 0.25) is 0 Å². The molecule has 2 aromatic rings. The molecule has 1 N–H and O–H groups in total. The van der Waals surface area contributed by atoms with Crippen LogP contribution >= 0.6 is 11.3 Å². The molecule has 2 unspecified atom stereocenters. The van der Waals surface area contributed by atoms with Crippen LogP contribution in [0.1, 0.15) is 58.1 Å². The van der Waals surface area contributed by atoms with Crippen molar-refractivity contribution in [2.45, 2.75) is 64.8 Å². The van der Waals surface area contributed by atoms with Crippen molar-refractivity contribution in [3.63, 3.8) is 0 Å². The number of amides is 1. The molecule has 2 atom stereocenters. The van der Waals surface area contributed by atoms with Crippen molar-refractivity contribution in [3.8, 4) is 16.3 Å². The van der Waals surface area contributed by atoms with Crippen molar-refractivity contribution in [2.75, 3.05) is 6.61 Å². The van der Waals surface area contributed by atoms with Gasteiger partial charge in [0, 0.05) is 11.4 Å². The fourth-order valence-corrected chi connectivity index (χ4v) is 4.75. The maximum atomic E-state index is 12.5. The van der Waals surface area contributed by atoms with E-state index in [0.29, 0.717) is 25.0 Å². The Labute approximate surface area is 166 Å². The highest BCUT2D eigenvalue weighted by Crippen LogP contribution is 2.33. The summed E-state index contributed by atoms with van der Waals surface area (Å²) in [7, 11) is 0. The van der Waals surface area contributed by atoms with E-state index in [9.17, 15) is 4.79 Å². The van der Waals surface area contributed by atoms with E-state index in [-0.39, 0.29) is 5.91 Å². The molecule has 3 rings (SSSR count). The van der Waals surface area contributed by atoms with E-state index >= 15 is 0 Å². The van der Waals surface area contributed by atoms with Gasteiger partial charge in [-0.25, -0.2) is 4.98 Å². The summed E-state index contributed by atoms with van der Waals surface area (Å²) in [5.74, 6) is 1.59. The van der Waals surface area contributed by atoms with Crippen LogP contribution < -0.4 is 10.1 Å². The molecule has 0 bridgehead atoms. The number of para-hydroxylation sites is 1. The third-order valence-corrected chi connectivity index (χ3v) is 6.17. The molecule has 1 heterocycles. The molecule has 5 heteroatoms. The number of hydrogen-bond donors (Lipinski definition) is 1. The Morgan fingerprint density at radius 2 is 2.15 bits per heavy atom. The van der Waals surface area contributed by atoms with Crippen molar-refractivity contribution in [3.05, 3.63) is 35.3 Å². The number of aromatic nitrogens is 1. The van der Waals surface area contributed by atoms with Crippen LogP contribution in [0, 0.1) is 5.92 Å². The fraction of sp³-hybridized carbons (Fsp3) is 0.545. The third kappa shape index (κ3) is 5.32. The molecule has 0 saturated heterocycles. The number of carbonyl (C=O) groups excluding carboxylic acids is 1. The first-order valence-corrected chi connectivity index (χ1v) is 11.0. The minimum atomic E-state index is 0.0957. The molecular formula is C22H30N2O2S. The number of thiazole rings is 1. The minimum absolute atomic E-state index is 0.0957. The zero-order chi connectivity index (χ0) is 19.1. The van der Waals surface area contributed by atoms with E-state index in [0.717, 1.165) is 28.4 Å². The van der Waals surface area contributed by atoms with Gasteiger partial charge in [0.1, 0.15) is 10.8 Å². The minimum Gasteiger partial charge on any atom is -0.493 e. The van der Waals surface area contributed by atoms with Gasteiger partial charge in [-0.2, -0.15) is 0 Å². The van der Waals surface area contributed by atoms with Crippen molar-refractivity contribution < 1.29 is 9.53 Å². The first-order chi connectivity index (χ1) is 13.2. The summed E-state index contributed by atoms with van der Waals surface area (Å²) in [6.45, 7) is 4.83. The normalized spacial score (nSPS) is 19.2. The predicted octanol–water partition coefficient (Wildman–Crippen LogP) is 5.23. The van der Waals surface area contributed by atoms with Gasteiger partial charge in [-0.3, -0.25) is 4.79 Å². The smallest absolute Gasteiger partial charge is 0.226 e. The molecule has 0 aliphatic heterocycles. The number of carbonyl (C=O) groups is 1. The topological polar surface area (TPSA) is 51.2 Å². The Morgan fingerprint density at radius 1 is 1.30 bits per heavy atom. The lowest BCUT2D eigenvalue weighted by Gasteiger charge is -2.20. The van der Waals surface area contributed by atoms with Gasteiger partial charge in [0.25, 0.3) is 0 Å². The summed E-state index contributed by atoms with van der Waals surface area (Å²) >= 11 is 1.57. The summed E-state index contributed by atoms with van der Waals surface area (Å²) in [5, 5.41) is 6.16. The van der Waals surface area contributed by atoms with E-state index in [1.807, 2.05) is 36.6 Å². The standard InChI is InChI=1S/C22H30N2O2S/c1-3-5-9-16-10-8-12-19(16)24-21(25)14-17-15-27-22(23-17)18-11-6-7-13-20(18)26-4-2/h6-7,11,13,15-16,19H,3-5,8-10,12,14H2,1-2H3,(H,24,25). The van der Waals surface area contributed by atoms with E-state index in [1.54, 1.807) is 11.3 Å². The van der Waals surface area contributed by atoms with Gasteiger partial charge in [0.2, 0.25) is 5.91 Å². The molecule has 0 spiro atoms. The number of benzene rings is 1. The molecule has 1 saturated carbocycles. The average molecular weight is 387 g/mol. The Bertz CT molecular complexity index is 743. The summed E-state index contributed by atoms with van der Waals surface area (Å²) < 4.78 is 5.70. The van der Waals surface area contributed by atoms with Crippen LogP contribution in [-0.4, -0.2) is 23.5 Å². The summed E-state index contributed by atoms with van der Waals surface area (Å²) in [4.78, 5) is 17.2. The van der Waals surface area contributed by atoms with Crippen molar-refractivity contribution in [1.29, 1.82) is 0 Å². The lowest BCUT2D eigenvalue weighted by Crippen LogP contribution is -2.38. The van der Waals surface area contributed by atoms with Crippen LogP contribution in [0.15, 0.2) is 29.6 Å². The first-order valence-electron chi connectivity index (χ1n) is 10.2. The molecule has 1 aliphatic carbocycles. The number of nitrogens with one attached hydrogen (secondary N) is 1. The molecule has 146 valence electrons. The Balaban J connectivity index is 1.60. The Hall–Kier alpha value is -1.88. The Morgan fingerprint density at radius 3 is 2.96 bits per heavy atom. The second kappa shape index (κ2) is 9.88. The van der Waals surface area contributed by atoms with Gasteiger partial charge < -0.3 is 10.1 Å². The second-order valence-electron chi connectivity index (χ2n) is 7.26. The predicted molar refractivity (Wildman–Crippen MR) is 111 cm³/mol. The van der Waals surface area contributed by atoms with Crippen LogP contribution in [0.3, 0.4) is 0 Å². The molecular weight excluding hydrogens is 356 g/mol. The average Bonchev–Trinajstić information content (AvgIpc) is 3.30. The lowest BCUT2D eigenvalue weighted by atomic mass is 9.96. The largest absolute Gasteiger partial charge is 0.493 e. The monoisotopic (exact) mass is 386 g/mol. The quantitative estimate of drug-likeness (QED) is 0.642. The SMILES string of the molecule is CCCCC1CCCC1NC(=O)Cc1csc(-c2ccccc2OCC)n1. The molecule has 1 amide bonds. The van der Waals surface area contributed by atoms with Gasteiger partial charge in [0.05, 0.1) is 24.3 Å². The number of rotatable bonds is 9. The molecule has 1 aliphatic rings. The molecule has 0 radical (unpaired) electrons. The van der Waals surface area contributed by atoms with Crippen molar-refractivity contribution >= 4 is 17.2 Å². The van der Waals surface area contributed by atoms with Gasteiger partial charge >= 0.3 is 0 Å². The number of nitrogens with zero attached hydrogens (tertiary/aromatic N) is 1. The van der Waals surface area contributed by atoms with Crippen molar-refractivity contribution in [1.82, 2.24) is 10.3 Å². The highest BCUT2D eigenvalue weighted by atomic mass is 32.1. The molecule has 1 aromatic heterocycles. The molecule has 1 aromatic carbocycles. The summed E-state index contributed by atoms with van der Waals surface area (Å²) in [6, 6.07) is 8.28. The van der Waals surface area contributed by atoms with Gasteiger partial charge in [-0.15, -0.1) is 11.3 Å². The lowest BCUT2D eigenvalue weighted by molar-refractivity contribution is -0.121. The molecule has 4 nitrogen and oxygen atoms in total. The first kappa shape index (κ1) is 19.9. The highest BCUT2D eigenvalue weighted by Gasteiger charge is 2.28. The van der Waals surface area contributed by atoms with E-state index in [2.05, 4.69) is 17.2 Å². The van der Waals surface area contributed by atoms with Gasteiger partial charge in [-0.05, 0) is 44.2 Å². The second-order valence-corrected chi connectivity index (χ2v) is 8.12. The van der Waals surface area contributed by atoms with E-state index < -0.39 is 0 Å².